The van der Waals surface area contributed by atoms with E-state index in [1.807, 2.05) is 30.3 Å². The average Bonchev–Trinajstić information content (AvgIpc) is 2.85. The molecule has 1 heterocycles. The number of rotatable bonds is 1. The highest BCUT2D eigenvalue weighted by atomic mass is 16.5. The summed E-state index contributed by atoms with van der Waals surface area (Å²) in [5, 5.41) is 0. The Kier molecular flexibility index (Phi) is 2.27. The molecule has 0 bridgehead atoms. The fourth-order valence-electron chi connectivity index (χ4n) is 2.13. The van der Waals surface area contributed by atoms with Crippen LogP contribution in [0.1, 0.15) is 5.56 Å². The van der Waals surface area contributed by atoms with Crippen LogP contribution in [0.25, 0.3) is 5.57 Å². The standard InChI is InChI=1S/C14H10O3/c15-13-6-10(9-4-2-1-3-5-9)14(16)12-8-17-7-11(12)13/h1-6H,7-8H2. The van der Waals surface area contributed by atoms with E-state index in [0.717, 1.165) is 5.56 Å². The number of carbonyl (C=O) groups excluding carboxylic acids is 2. The molecule has 3 nitrogen and oxygen atoms in total. The van der Waals surface area contributed by atoms with Crippen molar-refractivity contribution >= 4 is 17.1 Å². The maximum absolute atomic E-state index is 12.2. The summed E-state index contributed by atoms with van der Waals surface area (Å²) in [7, 11) is 0. The highest BCUT2D eigenvalue weighted by Crippen LogP contribution is 2.29. The highest BCUT2D eigenvalue weighted by Gasteiger charge is 2.32. The second kappa shape index (κ2) is 3.79. The van der Waals surface area contributed by atoms with Crippen LogP contribution >= 0.6 is 0 Å². The summed E-state index contributed by atoms with van der Waals surface area (Å²) in [5.41, 5.74) is 2.30. The van der Waals surface area contributed by atoms with Gasteiger partial charge in [0.05, 0.1) is 13.2 Å². The number of hydrogen-bond donors (Lipinski definition) is 0. The Morgan fingerprint density at radius 2 is 1.65 bits per heavy atom. The molecule has 0 saturated carbocycles. The first kappa shape index (κ1) is 10.2. The number of carbonyl (C=O) groups is 2. The van der Waals surface area contributed by atoms with Crippen molar-refractivity contribution in [2.24, 2.45) is 0 Å². The molecule has 3 rings (SSSR count). The van der Waals surface area contributed by atoms with E-state index < -0.39 is 0 Å². The lowest BCUT2D eigenvalue weighted by molar-refractivity contribution is -0.114. The SMILES string of the molecule is O=C1C=C(c2ccccc2)C(=O)C2=C1COC2. The molecule has 84 valence electrons. The zero-order chi connectivity index (χ0) is 11.8. The van der Waals surface area contributed by atoms with E-state index in [1.165, 1.54) is 6.08 Å². The summed E-state index contributed by atoms with van der Waals surface area (Å²) in [5.74, 6) is -0.181. The lowest BCUT2D eigenvalue weighted by Crippen LogP contribution is -2.17. The van der Waals surface area contributed by atoms with E-state index >= 15 is 0 Å². The topological polar surface area (TPSA) is 43.4 Å². The molecule has 0 radical (unpaired) electrons. The largest absolute Gasteiger partial charge is 0.372 e. The zero-order valence-corrected chi connectivity index (χ0v) is 9.10. The quantitative estimate of drug-likeness (QED) is 0.682. The van der Waals surface area contributed by atoms with Crippen LogP contribution < -0.4 is 0 Å². The highest BCUT2D eigenvalue weighted by molar-refractivity contribution is 6.37. The van der Waals surface area contributed by atoms with Gasteiger partial charge in [0, 0.05) is 16.7 Å². The van der Waals surface area contributed by atoms with Gasteiger partial charge in [-0.05, 0) is 11.6 Å². The van der Waals surface area contributed by atoms with Gasteiger partial charge in [0.1, 0.15) is 0 Å². The van der Waals surface area contributed by atoms with Crippen LogP contribution in [0.15, 0.2) is 47.6 Å². The van der Waals surface area contributed by atoms with Crippen LogP contribution in [0.3, 0.4) is 0 Å². The summed E-state index contributed by atoms with van der Waals surface area (Å²) in [6.45, 7) is 0.516. The van der Waals surface area contributed by atoms with Gasteiger partial charge in [0.2, 0.25) is 0 Å². The zero-order valence-electron chi connectivity index (χ0n) is 9.10. The van der Waals surface area contributed by atoms with Crippen molar-refractivity contribution in [2.75, 3.05) is 13.2 Å². The smallest absolute Gasteiger partial charge is 0.192 e. The molecular formula is C14H10O3. The number of Topliss-reactive ketones (excluding diaryl/α,β-unsaturated/α-hetero) is 1. The number of benzene rings is 1. The van der Waals surface area contributed by atoms with Crippen molar-refractivity contribution < 1.29 is 14.3 Å². The molecule has 1 aliphatic heterocycles. The molecule has 17 heavy (non-hydrogen) atoms. The molecule has 1 aromatic carbocycles. The summed E-state index contributed by atoms with van der Waals surface area (Å²) in [6, 6.07) is 9.24. The fourth-order valence-corrected chi connectivity index (χ4v) is 2.13. The molecule has 2 aliphatic rings. The van der Waals surface area contributed by atoms with Gasteiger partial charge in [-0.25, -0.2) is 0 Å². The van der Waals surface area contributed by atoms with Crippen LogP contribution in [0.5, 0.6) is 0 Å². The molecule has 1 aliphatic carbocycles. The molecule has 0 spiro atoms. The molecule has 0 fully saturated rings. The lowest BCUT2D eigenvalue weighted by Gasteiger charge is -2.12. The van der Waals surface area contributed by atoms with Gasteiger partial charge in [-0.2, -0.15) is 0 Å². The third-order valence-corrected chi connectivity index (χ3v) is 3.03. The molecule has 0 unspecified atom stereocenters. The van der Waals surface area contributed by atoms with Crippen molar-refractivity contribution in [3.05, 3.63) is 53.1 Å². The Morgan fingerprint density at radius 3 is 2.41 bits per heavy atom. The maximum atomic E-state index is 12.2. The van der Waals surface area contributed by atoms with Gasteiger partial charge < -0.3 is 4.74 Å². The Labute approximate surface area is 98.4 Å². The second-order valence-electron chi connectivity index (χ2n) is 4.07. The minimum absolute atomic E-state index is 0.0803. The van der Waals surface area contributed by atoms with E-state index in [2.05, 4.69) is 0 Å². The van der Waals surface area contributed by atoms with E-state index in [9.17, 15) is 9.59 Å². The number of ether oxygens (including phenoxy) is 1. The van der Waals surface area contributed by atoms with Gasteiger partial charge in [-0.3, -0.25) is 9.59 Å². The van der Waals surface area contributed by atoms with E-state index in [0.29, 0.717) is 16.7 Å². The molecule has 0 N–H and O–H groups in total. The van der Waals surface area contributed by atoms with Crippen molar-refractivity contribution in [1.29, 1.82) is 0 Å². The number of allylic oxidation sites excluding steroid dienone is 2. The average molecular weight is 226 g/mol. The van der Waals surface area contributed by atoms with Gasteiger partial charge in [0.15, 0.2) is 11.6 Å². The van der Waals surface area contributed by atoms with E-state index in [4.69, 9.17) is 4.74 Å². The first-order valence-corrected chi connectivity index (χ1v) is 5.43. The molecule has 0 saturated heterocycles. The van der Waals surface area contributed by atoms with Crippen molar-refractivity contribution in [3.8, 4) is 0 Å². The van der Waals surface area contributed by atoms with Crippen LogP contribution in [0, 0.1) is 0 Å². The Bertz CT molecular complexity index is 564. The molecule has 0 aromatic heterocycles. The summed E-state index contributed by atoms with van der Waals surface area (Å²) < 4.78 is 5.17. The maximum Gasteiger partial charge on any atom is 0.192 e. The van der Waals surface area contributed by atoms with E-state index in [-0.39, 0.29) is 24.8 Å². The summed E-state index contributed by atoms with van der Waals surface area (Å²) in [6.07, 6.45) is 1.42. The van der Waals surface area contributed by atoms with Crippen molar-refractivity contribution in [3.63, 3.8) is 0 Å². The molecule has 1 aromatic rings. The lowest BCUT2D eigenvalue weighted by atomic mass is 9.88. The van der Waals surface area contributed by atoms with Crippen LogP contribution in [-0.4, -0.2) is 24.8 Å². The minimum Gasteiger partial charge on any atom is -0.372 e. The Balaban J connectivity index is 2.07. The number of ketones is 2. The fraction of sp³-hybridized carbons (Fsp3) is 0.143. The van der Waals surface area contributed by atoms with Gasteiger partial charge in [-0.1, -0.05) is 30.3 Å². The predicted molar refractivity (Wildman–Crippen MR) is 62.3 cm³/mol. The normalized spacial score (nSPS) is 19.4. The molecule has 0 atom stereocenters. The van der Waals surface area contributed by atoms with Gasteiger partial charge >= 0.3 is 0 Å². The Hall–Kier alpha value is -2.00. The number of hydrogen-bond acceptors (Lipinski definition) is 3. The van der Waals surface area contributed by atoms with Crippen molar-refractivity contribution in [1.82, 2.24) is 0 Å². The molecular weight excluding hydrogens is 216 g/mol. The van der Waals surface area contributed by atoms with Crippen LogP contribution in [-0.2, 0) is 14.3 Å². The summed E-state index contributed by atoms with van der Waals surface area (Å²) in [4.78, 5) is 24.0. The predicted octanol–water partition coefficient (Wildman–Crippen LogP) is 1.55. The second-order valence-corrected chi connectivity index (χ2v) is 4.07. The van der Waals surface area contributed by atoms with Crippen LogP contribution in [0.4, 0.5) is 0 Å². The minimum atomic E-state index is -0.101. The monoisotopic (exact) mass is 226 g/mol. The Morgan fingerprint density at radius 1 is 0.941 bits per heavy atom. The first-order chi connectivity index (χ1) is 8.27. The van der Waals surface area contributed by atoms with Crippen molar-refractivity contribution in [2.45, 2.75) is 0 Å². The third-order valence-electron chi connectivity index (χ3n) is 3.03. The van der Waals surface area contributed by atoms with E-state index in [1.54, 1.807) is 0 Å². The third kappa shape index (κ3) is 1.56. The van der Waals surface area contributed by atoms with Crippen LogP contribution in [0.2, 0.25) is 0 Å². The molecule has 3 heteroatoms. The molecule has 0 amide bonds. The van der Waals surface area contributed by atoms with Gasteiger partial charge in [-0.15, -0.1) is 0 Å². The summed E-state index contributed by atoms with van der Waals surface area (Å²) >= 11 is 0. The first-order valence-electron chi connectivity index (χ1n) is 5.43. The van der Waals surface area contributed by atoms with Gasteiger partial charge in [0.25, 0.3) is 0 Å².